The van der Waals surface area contributed by atoms with Crippen molar-refractivity contribution in [2.75, 3.05) is 26.9 Å². The maximum atomic E-state index is 12.0. The summed E-state index contributed by atoms with van der Waals surface area (Å²) in [7, 11) is 1.40. The molecule has 1 aromatic heterocycles. The number of nitrogens with zero attached hydrogens (tertiary/aromatic N) is 2. The smallest absolute Gasteiger partial charge is 0.325 e. The molecule has 0 saturated carbocycles. The molecule has 1 fully saturated rings. The number of esters is 1. The summed E-state index contributed by atoms with van der Waals surface area (Å²) in [6.45, 7) is 4.43. The Kier molecular flexibility index (Phi) is 6.64. The molecule has 0 bridgehead atoms. The van der Waals surface area contributed by atoms with Gasteiger partial charge in [-0.25, -0.2) is 4.98 Å². The van der Waals surface area contributed by atoms with Crippen LogP contribution in [0.4, 0.5) is 0 Å². The van der Waals surface area contributed by atoms with Crippen LogP contribution < -0.4 is 4.74 Å². The highest BCUT2D eigenvalue weighted by atomic mass is 16.5. The quantitative estimate of drug-likeness (QED) is 0.539. The van der Waals surface area contributed by atoms with Gasteiger partial charge in [0, 0.05) is 18.7 Å². The molecule has 2 aromatic carbocycles. The first-order chi connectivity index (χ1) is 15.1. The average Bonchev–Trinajstić information content (AvgIpc) is 3.19. The predicted molar refractivity (Wildman–Crippen MR) is 114 cm³/mol. The van der Waals surface area contributed by atoms with Crippen molar-refractivity contribution < 1.29 is 23.4 Å². The summed E-state index contributed by atoms with van der Waals surface area (Å²) in [5.74, 6) is 1.79. The number of ether oxygens (including phenoxy) is 3. The lowest BCUT2D eigenvalue weighted by atomic mass is 10.1. The third-order valence-corrected chi connectivity index (χ3v) is 5.29. The van der Waals surface area contributed by atoms with Gasteiger partial charge in [-0.15, -0.1) is 0 Å². The highest BCUT2D eigenvalue weighted by molar-refractivity contribution is 5.75. The van der Waals surface area contributed by atoms with Gasteiger partial charge in [0.2, 0.25) is 5.89 Å². The number of benzene rings is 2. The molecular weight excluding hydrogens is 396 g/mol. The van der Waals surface area contributed by atoms with Gasteiger partial charge in [-0.1, -0.05) is 30.3 Å². The van der Waals surface area contributed by atoms with E-state index in [1.54, 1.807) is 0 Å². The van der Waals surface area contributed by atoms with Crippen LogP contribution in [0.25, 0.3) is 11.5 Å². The number of methoxy groups -OCH3 is 1. The van der Waals surface area contributed by atoms with E-state index in [-0.39, 0.29) is 5.97 Å². The van der Waals surface area contributed by atoms with E-state index in [1.165, 1.54) is 7.11 Å². The van der Waals surface area contributed by atoms with Crippen LogP contribution in [-0.4, -0.2) is 48.8 Å². The summed E-state index contributed by atoms with van der Waals surface area (Å²) in [4.78, 5) is 18.7. The summed E-state index contributed by atoms with van der Waals surface area (Å²) in [5, 5.41) is 0. The van der Waals surface area contributed by atoms with E-state index >= 15 is 0 Å². The summed E-state index contributed by atoms with van der Waals surface area (Å²) in [6, 6.07) is 17.3. The predicted octanol–water partition coefficient (Wildman–Crippen LogP) is 3.60. The van der Waals surface area contributed by atoms with Crippen molar-refractivity contribution in [2.45, 2.75) is 26.1 Å². The molecule has 0 amide bonds. The number of aromatic nitrogens is 1. The molecule has 0 radical (unpaired) electrons. The molecule has 1 aliphatic rings. The van der Waals surface area contributed by atoms with Crippen molar-refractivity contribution in [1.82, 2.24) is 9.88 Å². The van der Waals surface area contributed by atoms with Gasteiger partial charge in [0.1, 0.15) is 29.9 Å². The lowest BCUT2D eigenvalue weighted by Gasteiger charge is -2.33. The van der Waals surface area contributed by atoms with E-state index < -0.39 is 6.04 Å². The zero-order valence-electron chi connectivity index (χ0n) is 17.7. The second-order valence-corrected chi connectivity index (χ2v) is 7.41. The van der Waals surface area contributed by atoms with Crippen LogP contribution in [0.15, 0.2) is 59.0 Å². The Balaban J connectivity index is 1.41. The van der Waals surface area contributed by atoms with Crippen molar-refractivity contribution in [2.24, 2.45) is 0 Å². The van der Waals surface area contributed by atoms with Crippen LogP contribution >= 0.6 is 0 Å². The van der Waals surface area contributed by atoms with Crippen molar-refractivity contribution in [3.8, 4) is 17.2 Å². The molecule has 7 nitrogen and oxygen atoms in total. The number of aryl methyl sites for hydroxylation is 1. The first-order valence-electron chi connectivity index (χ1n) is 10.3. The van der Waals surface area contributed by atoms with Gasteiger partial charge >= 0.3 is 5.97 Å². The fraction of sp³-hybridized carbons (Fsp3) is 0.333. The third kappa shape index (κ3) is 5.13. The van der Waals surface area contributed by atoms with Gasteiger partial charge in [-0.05, 0) is 36.8 Å². The van der Waals surface area contributed by atoms with Crippen LogP contribution in [0.3, 0.4) is 0 Å². The zero-order valence-corrected chi connectivity index (χ0v) is 17.7. The number of hydrogen-bond acceptors (Lipinski definition) is 7. The fourth-order valence-electron chi connectivity index (χ4n) is 3.57. The molecule has 0 aliphatic carbocycles. The Morgan fingerprint density at radius 3 is 2.84 bits per heavy atom. The Morgan fingerprint density at radius 2 is 2.03 bits per heavy atom. The Bertz CT molecular complexity index is 1020. The maximum Gasteiger partial charge on any atom is 0.325 e. The summed E-state index contributed by atoms with van der Waals surface area (Å²) in [6.07, 6.45) is 0. The molecule has 0 spiro atoms. The van der Waals surface area contributed by atoms with E-state index in [0.29, 0.717) is 38.8 Å². The van der Waals surface area contributed by atoms with Gasteiger partial charge in [-0.3, -0.25) is 9.69 Å². The minimum absolute atomic E-state index is 0.275. The summed E-state index contributed by atoms with van der Waals surface area (Å²) >= 11 is 0. The van der Waals surface area contributed by atoms with Gasteiger partial charge < -0.3 is 18.6 Å². The second-order valence-electron chi connectivity index (χ2n) is 7.41. The molecule has 1 atom stereocenters. The number of oxazole rings is 1. The van der Waals surface area contributed by atoms with Crippen molar-refractivity contribution in [3.05, 3.63) is 71.6 Å². The van der Waals surface area contributed by atoms with Crippen LogP contribution in [-0.2, 0) is 27.4 Å². The minimum atomic E-state index is -0.391. The van der Waals surface area contributed by atoms with Crippen LogP contribution in [0.5, 0.6) is 5.75 Å². The molecule has 162 valence electrons. The lowest BCUT2D eigenvalue weighted by molar-refractivity contribution is -0.153. The number of hydrogen-bond donors (Lipinski definition) is 0. The largest absolute Gasteiger partial charge is 0.487 e. The zero-order chi connectivity index (χ0) is 21.6. The van der Waals surface area contributed by atoms with Crippen LogP contribution in [0, 0.1) is 6.92 Å². The Morgan fingerprint density at radius 1 is 1.19 bits per heavy atom. The van der Waals surface area contributed by atoms with Gasteiger partial charge in [-0.2, -0.15) is 0 Å². The van der Waals surface area contributed by atoms with Crippen LogP contribution in [0.2, 0.25) is 0 Å². The molecule has 7 heteroatoms. The molecule has 0 unspecified atom stereocenters. The lowest BCUT2D eigenvalue weighted by Crippen LogP contribution is -2.49. The first-order valence-corrected chi connectivity index (χ1v) is 10.3. The molecular formula is C24H26N2O5. The standard InChI is InChI=1S/C24H26N2O5/c1-17-21(25-23(31-17)19-8-4-3-5-9-19)15-30-20-10-6-7-18(13-20)14-26-11-12-29-16-22(26)24(27)28-2/h3-10,13,22H,11-12,14-16H2,1-2H3/t22-/m0/s1. The van der Waals surface area contributed by atoms with Crippen LogP contribution in [0.1, 0.15) is 17.0 Å². The van der Waals surface area contributed by atoms with Crippen molar-refractivity contribution in [1.29, 1.82) is 0 Å². The van der Waals surface area contributed by atoms with E-state index in [1.807, 2.05) is 61.5 Å². The average molecular weight is 422 g/mol. The first kappa shape index (κ1) is 21.1. The number of morpholine rings is 1. The fourth-order valence-corrected chi connectivity index (χ4v) is 3.57. The highest BCUT2D eigenvalue weighted by Crippen LogP contribution is 2.23. The molecule has 0 N–H and O–H groups in total. The summed E-state index contributed by atoms with van der Waals surface area (Å²) < 4.78 is 22.2. The SMILES string of the molecule is COC(=O)[C@@H]1COCCN1Cc1cccc(OCc2nc(-c3ccccc3)oc2C)c1. The molecule has 3 aromatic rings. The highest BCUT2D eigenvalue weighted by Gasteiger charge is 2.30. The van der Waals surface area contributed by atoms with Gasteiger partial charge in [0.25, 0.3) is 0 Å². The number of rotatable bonds is 7. The third-order valence-electron chi connectivity index (χ3n) is 5.29. The van der Waals surface area contributed by atoms with E-state index in [0.717, 1.165) is 28.3 Å². The second kappa shape index (κ2) is 9.76. The normalized spacial score (nSPS) is 16.8. The maximum absolute atomic E-state index is 12.0. The van der Waals surface area contributed by atoms with Gasteiger partial charge in [0.15, 0.2) is 0 Å². The molecule has 1 saturated heterocycles. The number of carbonyl (C=O) groups is 1. The van der Waals surface area contributed by atoms with E-state index in [2.05, 4.69) is 9.88 Å². The Labute approximate surface area is 181 Å². The molecule has 4 rings (SSSR count). The van der Waals surface area contributed by atoms with Crippen molar-refractivity contribution >= 4 is 5.97 Å². The monoisotopic (exact) mass is 422 g/mol. The Hall–Kier alpha value is -3.16. The minimum Gasteiger partial charge on any atom is -0.487 e. The van der Waals surface area contributed by atoms with E-state index in [9.17, 15) is 4.79 Å². The molecule has 31 heavy (non-hydrogen) atoms. The number of carbonyl (C=O) groups excluding carboxylic acids is 1. The molecule has 1 aliphatic heterocycles. The molecule has 2 heterocycles. The summed E-state index contributed by atoms with van der Waals surface area (Å²) in [5.41, 5.74) is 2.75. The van der Waals surface area contributed by atoms with Gasteiger partial charge in [0.05, 0.1) is 20.3 Å². The topological polar surface area (TPSA) is 74.0 Å². The van der Waals surface area contributed by atoms with E-state index in [4.69, 9.17) is 18.6 Å². The van der Waals surface area contributed by atoms with Crippen molar-refractivity contribution in [3.63, 3.8) is 0 Å².